The fraction of sp³-hybridized carbons (Fsp3) is 0.476. The van der Waals surface area contributed by atoms with Gasteiger partial charge in [0.15, 0.2) is 0 Å². The van der Waals surface area contributed by atoms with E-state index in [2.05, 4.69) is 23.3 Å². The second-order valence-corrected chi connectivity index (χ2v) is 8.08. The van der Waals surface area contributed by atoms with Crippen LogP contribution in [0, 0.1) is 17.2 Å². The summed E-state index contributed by atoms with van der Waals surface area (Å²) in [5.41, 5.74) is 12.4. The van der Waals surface area contributed by atoms with E-state index < -0.39 is 5.91 Å². The van der Waals surface area contributed by atoms with Crippen molar-refractivity contribution in [3.63, 3.8) is 0 Å². The summed E-state index contributed by atoms with van der Waals surface area (Å²) in [7, 11) is 0. The molecule has 0 aromatic heterocycles. The van der Waals surface area contributed by atoms with Crippen LogP contribution < -0.4 is 22.1 Å². The first-order valence-electron chi connectivity index (χ1n) is 9.90. The van der Waals surface area contributed by atoms with Crippen LogP contribution in [0.5, 0.6) is 0 Å². The number of hydrogen-bond donors (Lipinski definition) is 4. The van der Waals surface area contributed by atoms with Gasteiger partial charge in [-0.1, -0.05) is 18.2 Å². The number of benzene rings is 1. The molecule has 3 rings (SSSR count). The monoisotopic (exact) mass is 397 g/mol. The van der Waals surface area contributed by atoms with Gasteiger partial charge < -0.3 is 26.8 Å². The molecule has 2 aliphatic rings. The number of amides is 1. The number of nitrogens with two attached hydrogens (primary N) is 3. The summed E-state index contributed by atoms with van der Waals surface area (Å²) < 4.78 is 5.30. The number of nitrogens with one attached hydrogen (secondary N) is 1. The average molecular weight is 398 g/mol. The van der Waals surface area contributed by atoms with E-state index in [4.69, 9.17) is 16.2 Å². The molecule has 1 aliphatic carbocycles. The molecule has 0 bridgehead atoms. The molecule has 0 spiro atoms. The van der Waals surface area contributed by atoms with Crippen LogP contribution in [0.4, 0.5) is 5.69 Å². The van der Waals surface area contributed by atoms with Gasteiger partial charge in [0.05, 0.1) is 36.4 Å². The maximum absolute atomic E-state index is 11.9. The molecule has 1 saturated carbocycles. The van der Waals surface area contributed by atoms with E-state index in [-0.39, 0.29) is 28.9 Å². The zero-order chi connectivity index (χ0) is 20.9. The van der Waals surface area contributed by atoms with Crippen molar-refractivity contribution in [1.29, 1.82) is 5.26 Å². The van der Waals surface area contributed by atoms with Gasteiger partial charge in [-0.3, -0.25) is 4.79 Å². The first-order valence-corrected chi connectivity index (χ1v) is 9.90. The second kappa shape index (κ2) is 9.18. The largest absolute Gasteiger partial charge is 0.383 e. The third kappa shape index (κ3) is 5.41. The number of para-hydroxylation sites is 1. The standard InChI is InChI=1S/C21H28N6O2/c1-21(12-29-13-21)27-16-7-8-18(14(9-16)10-22)25-11-17(20(24)28)19(23)26-15-5-3-2-4-6-15/h2-6,11,14,16,18,25,27H,7-9,12-13H2,1H3,(H2,23,26)(H2,24,28)/p+1/b17-11+/t14-,16+,18?/m1/s1. The summed E-state index contributed by atoms with van der Waals surface area (Å²) in [6.07, 6.45) is 4.20. The number of primary amides is 1. The highest BCUT2D eigenvalue weighted by atomic mass is 16.5. The number of hydrogen-bond acceptors (Lipinski definition) is 5. The van der Waals surface area contributed by atoms with E-state index in [0.717, 1.165) is 19.3 Å². The molecule has 154 valence electrons. The Morgan fingerprint density at radius 2 is 2.07 bits per heavy atom. The van der Waals surface area contributed by atoms with Gasteiger partial charge in [0, 0.05) is 12.5 Å². The van der Waals surface area contributed by atoms with Crippen LogP contribution in [0.2, 0.25) is 0 Å². The van der Waals surface area contributed by atoms with Crippen LogP contribution in [0.25, 0.3) is 0 Å². The first kappa shape index (κ1) is 21.0. The van der Waals surface area contributed by atoms with Gasteiger partial charge >= 0.3 is 0 Å². The Kier molecular flexibility index (Phi) is 6.64. The Hall–Kier alpha value is -2.73. The summed E-state index contributed by atoms with van der Waals surface area (Å²) in [5, 5.41) is 15.2. The molecule has 1 aromatic carbocycles. The minimum absolute atomic E-state index is 0.0165. The Labute approximate surface area is 171 Å². The van der Waals surface area contributed by atoms with Gasteiger partial charge in [0.25, 0.3) is 5.91 Å². The maximum Gasteiger partial charge on any atom is 0.257 e. The lowest BCUT2D eigenvalue weighted by atomic mass is 9.81. The zero-order valence-corrected chi connectivity index (χ0v) is 16.7. The Morgan fingerprint density at radius 1 is 1.34 bits per heavy atom. The lowest BCUT2D eigenvalue weighted by Crippen LogP contribution is -2.87. The molecule has 0 radical (unpaired) electrons. The van der Waals surface area contributed by atoms with Crippen molar-refractivity contribution in [2.75, 3.05) is 13.2 Å². The highest BCUT2D eigenvalue weighted by Crippen LogP contribution is 2.26. The molecule has 3 atom stereocenters. The van der Waals surface area contributed by atoms with Crippen LogP contribution in [0.15, 0.2) is 47.1 Å². The number of ether oxygens (including phenoxy) is 1. The fourth-order valence-corrected chi connectivity index (χ4v) is 3.90. The maximum atomic E-state index is 11.9. The van der Waals surface area contributed by atoms with Gasteiger partial charge in [-0.15, -0.1) is 0 Å². The molecule has 2 fully saturated rings. The van der Waals surface area contributed by atoms with Crippen molar-refractivity contribution in [3.8, 4) is 6.07 Å². The summed E-state index contributed by atoms with van der Waals surface area (Å²) in [6, 6.07) is 11.9. The topological polar surface area (TPSA) is 143 Å². The van der Waals surface area contributed by atoms with Crippen molar-refractivity contribution >= 4 is 17.4 Å². The quantitative estimate of drug-likeness (QED) is 0.292. The number of nitrogens with zero attached hydrogens (tertiary/aromatic N) is 2. The summed E-state index contributed by atoms with van der Waals surface area (Å²) in [6.45, 7) is 3.56. The van der Waals surface area contributed by atoms with Gasteiger partial charge in [-0.25, -0.2) is 4.99 Å². The van der Waals surface area contributed by atoms with E-state index in [9.17, 15) is 10.1 Å². The van der Waals surface area contributed by atoms with Crippen LogP contribution in [-0.4, -0.2) is 42.6 Å². The van der Waals surface area contributed by atoms with Crippen molar-refractivity contribution in [3.05, 3.63) is 42.1 Å². The number of nitriles is 1. The van der Waals surface area contributed by atoms with E-state index in [1.165, 1.54) is 0 Å². The summed E-state index contributed by atoms with van der Waals surface area (Å²) in [5.74, 6) is -0.703. The smallest absolute Gasteiger partial charge is 0.257 e. The number of aliphatic imine (C=N–C) groups is 1. The van der Waals surface area contributed by atoms with E-state index >= 15 is 0 Å². The van der Waals surface area contributed by atoms with Gasteiger partial charge in [-0.05, 0) is 31.9 Å². The van der Waals surface area contributed by atoms with Crippen LogP contribution in [-0.2, 0) is 9.53 Å². The number of rotatable bonds is 7. The van der Waals surface area contributed by atoms with Gasteiger partial charge in [0.2, 0.25) is 0 Å². The molecular weight excluding hydrogens is 368 g/mol. The van der Waals surface area contributed by atoms with Crippen molar-refractivity contribution < 1.29 is 14.8 Å². The molecule has 1 saturated heterocycles. The molecular formula is C21H29N6O2+. The summed E-state index contributed by atoms with van der Waals surface area (Å²) in [4.78, 5) is 16.2. The minimum Gasteiger partial charge on any atom is -0.383 e. The van der Waals surface area contributed by atoms with Gasteiger partial charge in [-0.2, -0.15) is 5.26 Å². The van der Waals surface area contributed by atoms with E-state index in [1.807, 2.05) is 23.5 Å². The van der Waals surface area contributed by atoms with E-state index in [0.29, 0.717) is 24.9 Å². The predicted molar refractivity (Wildman–Crippen MR) is 110 cm³/mol. The van der Waals surface area contributed by atoms with Gasteiger partial charge in [0.1, 0.15) is 23.7 Å². The van der Waals surface area contributed by atoms with Crippen LogP contribution in [0.1, 0.15) is 26.2 Å². The molecule has 8 nitrogen and oxygen atoms in total. The molecule has 1 unspecified atom stereocenters. The average Bonchev–Trinajstić information content (AvgIpc) is 2.68. The second-order valence-electron chi connectivity index (χ2n) is 8.08. The third-order valence-corrected chi connectivity index (χ3v) is 5.52. The molecule has 29 heavy (non-hydrogen) atoms. The first-order chi connectivity index (χ1) is 13.9. The molecule has 1 aromatic rings. The number of quaternary nitrogens is 1. The number of amidine groups is 1. The van der Waals surface area contributed by atoms with E-state index in [1.54, 1.807) is 18.3 Å². The molecule has 1 amide bonds. The highest BCUT2D eigenvalue weighted by Gasteiger charge is 2.39. The fourth-order valence-electron chi connectivity index (χ4n) is 3.90. The lowest BCUT2D eigenvalue weighted by molar-refractivity contribution is -0.635. The van der Waals surface area contributed by atoms with Crippen molar-refractivity contribution in [2.24, 2.45) is 22.4 Å². The van der Waals surface area contributed by atoms with Crippen LogP contribution >= 0.6 is 0 Å². The minimum atomic E-state index is -0.639. The normalized spacial score (nSPS) is 27.0. The third-order valence-electron chi connectivity index (χ3n) is 5.52. The zero-order valence-electron chi connectivity index (χ0n) is 16.7. The molecule has 8 heteroatoms. The van der Waals surface area contributed by atoms with Crippen molar-refractivity contribution in [2.45, 2.75) is 43.8 Å². The number of carbonyl (C=O) groups is 1. The SMILES string of the molecule is CC1(N[C@H]2CCC([NH2+]/C=C(/C(N)=O)C(N)=Nc3ccccc3)[C@@H](C#N)C2)COC1. The van der Waals surface area contributed by atoms with Crippen molar-refractivity contribution in [1.82, 2.24) is 5.32 Å². The molecule has 1 heterocycles. The Bertz CT molecular complexity index is 825. The molecule has 1 aliphatic heterocycles. The predicted octanol–water partition coefficient (Wildman–Crippen LogP) is 0.0473. The Morgan fingerprint density at radius 3 is 2.66 bits per heavy atom. The molecule has 7 N–H and O–H groups in total. The Balaban J connectivity index is 1.65. The number of carbonyl (C=O) groups excluding carboxylic acids is 1. The van der Waals surface area contributed by atoms with Crippen LogP contribution in [0.3, 0.4) is 0 Å². The summed E-state index contributed by atoms with van der Waals surface area (Å²) >= 11 is 0. The lowest BCUT2D eigenvalue weighted by Gasteiger charge is -2.43. The highest BCUT2D eigenvalue weighted by molar-refractivity contribution is 6.19.